The third-order valence-corrected chi connectivity index (χ3v) is 12.2. The highest BCUT2D eigenvalue weighted by Crippen LogP contribution is 2.46. The zero-order valence-electron chi connectivity index (χ0n) is 27.0. The lowest BCUT2D eigenvalue weighted by molar-refractivity contribution is -0.140. The first-order chi connectivity index (χ1) is 23.0. The number of hydrogen-bond acceptors (Lipinski definition) is 10. The standard InChI is InChI=1S/C33H41BrN4O9S/c1-4-20-17-33(20,32(41)37-48(42,43)22-6-7-22)36-31(40)24-15-21(18-38(24)28(39)14-19-10-12-45-13-11-19)47-26-16-27(46-5-2)35-30-23(26)8-9-25(44-3)29(30)34/h4,8-9,16,19-22,24H,1,5-7,10-15,17-18H2,2-3H3,(H,36,40)(H,37,41)/t20-,21-,24-,33-/m1/s1. The first-order valence-electron chi connectivity index (χ1n) is 16.3. The molecule has 1 aromatic carbocycles. The Morgan fingerprint density at radius 2 is 1.94 bits per heavy atom. The fourth-order valence-corrected chi connectivity index (χ4v) is 8.54. The van der Waals surface area contributed by atoms with Gasteiger partial charge in [0.25, 0.3) is 5.91 Å². The first-order valence-corrected chi connectivity index (χ1v) is 18.7. The normalized spacial score (nSPS) is 25.7. The molecule has 2 aliphatic heterocycles. The number of fused-ring (bicyclic) bond motifs is 1. The molecule has 15 heteroatoms. The van der Waals surface area contributed by atoms with Gasteiger partial charge in [0.15, 0.2) is 0 Å². The summed E-state index contributed by atoms with van der Waals surface area (Å²) in [6, 6.07) is 4.34. The lowest BCUT2D eigenvalue weighted by Gasteiger charge is -2.28. The van der Waals surface area contributed by atoms with Crippen LogP contribution in [0.4, 0.5) is 0 Å². The van der Waals surface area contributed by atoms with Crippen molar-refractivity contribution < 1.29 is 41.7 Å². The van der Waals surface area contributed by atoms with Gasteiger partial charge >= 0.3 is 0 Å². The second kappa shape index (κ2) is 13.8. The van der Waals surface area contributed by atoms with Crippen molar-refractivity contribution in [2.45, 2.75) is 74.8 Å². The molecule has 2 N–H and O–H groups in total. The van der Waals surface area contributed by atoms with E-state index in [2.05, 4.69) is 37.5 Å². The van der Waals surface area contributed by atoms with Crippen molar-refractivity contribution in [1.82, 2.24) is 19.9 Å². The molecule has 0 unspecified atom stereocenters. The number of pyridine rings is 1. The maximum absolute atomic E-state index is 14.1. The Bertz CT molecular complexity index is 1710. The Hall–Kier alpha value is -3.43. The number of likely N-dealkylation sites (tertiary alicyclic amines) is 1. The SMILES string of the molecule is C=C[C@@H]1C[C@]1(NC(=O)[C@H]1C[C@@H](Oc2cc(OCC)nc3c(Br)c(OC)ccc23)CN1C(=O)CC1CCOCC1)C(=O)NS(=O)(=O)C1CC1. The molecule has 4 atom stereocenters. The Balaban J connectivity index is 1.26. The molecule has 4 fully saturated rings. The second-order valence-corrected chi connectivity index (χ2v) is 15.6. The molecular formula is C33H41BrN4O9S. The van der Waals surface area contributed by atoms with E-state index >= 15 is 0 Å². The molecule has 2 aromatic rings. The van der Waals surface area contributed by atoms with Crippen molar-refractivity contribution in [3.05, 3.63) is 35.3 Å². The van der Waals surface area contributed by atoms with Gasteiger partial charge in [-0.05, 0) is 73.0 Å². The van der Waals surface area contributed by atoms with Crippen LogP contribution in [0, 0.1) is 11.8 Å². The lowest BCUT2D eigenvalue weighted by Crippen LogP contribution is -2.56. The molecule has 2 saturated heterocycles. The highest BCUT2D eigenvalue weighted by molar-refractivity contribution is 9.10. The van der Waals surface area contributed by atoms with Crippen molar-refractivity contribution >= 4 is 54.6 Å². The van der Waals surface area contributed by atoms with Crippen molar-refractivity contribution in [3.8, 4) is 17.4 Å². The summed E-state index contributed by atoms with van der Waals surface area (Å²) in [5, 5.41) is 2.91. The third kappa shape index (κ3) is 6.99. The third-order valence-electron chi connectivity index (χ3n) is 9.57. The number of benzene rings is 1. The molecule has 6 rings (SSSR count). The molecule has 48 heavy (non-hydrogen) atoms. The molecule has 13 nitrogen and oxygen atoms in total. The maximum atomic E-state index is 14.1. The van der Waals surface area contributed by atoms with Crippen LogP contribution in [-0.2, 0) is 29.1 Å². The van der Waals surface area contributed by atoms with Gasteiger partial charge in [0, 0.05) is 43.4 Å². The molecule has 0 radical (unpaired) electrons. The Morgan fingerprint density at radius 3 is 2.58 bits per heavy atom. The number of nitrogens with zero attached hydrogens (tertiary/aromatic N) is 2. The van der Waals surface area contributed by atoms with Crippen LogP contribution in [0.25, 0.3) is 10.9 Å². The lowest BCUT2D eigenvalue weighted by atomic mass is 9.96. The summed E-state index contributed by atoms with van der Waals surface area (Å²) in [7, 11) is -2.28. The summed E-state index contributed by atoms with van der Waals surface area (Å²) in [6.07, 6.45) is 4.03. The Kier molecular flexibility index (Phi) is 9.92. The van der Waals surface area contributed by atoms with Crippen molar-refractivity contribution in [2.75, 3.05) is 33.5 Å². The zero-order chi connectivity index (χ0) is 34.2. The fraction of sp³-hybridized carbons (Fsp3) is 0.576. The van der Waals surface area contributed by atoms with Crippen molar-refractivity contribution in [2.24, 2.45) is 11.8 Å². The van der Waals surface area contributed by atoms with Crippen LogP contribution in [0.2, 0.25) is 0 Å². The molecule has 260 valence electrons. The van der Waals surface area contributed by atoms with E-state index in [1.165, 1.54) is 11.0 Å². The van der Waals surface area contributed by atoms with Crippen LogP contribution in [0.1, 0.15) is 51.9 Å². The van der Waals surface area contributed by atoms with Gasteiger partial charge < -0.3 is 29.2 Å². The van der Waals surface area contributed by atoms with Gasteiger partial charge in [-0.1, -0.05) is 6.08 Å². The number of halogens is 1. The number of rotatable bonds is 13. The number of nitrogens with one attached hydrogen (secondary N) is 2. The number of carbonyl (C=O) groups excluding carboxylic acids is 3. The minimum atomic E-state index is -3.84. The van der Waals surface area contributed by atoms with Crippen molar-refractivity contribution in [1.29, 1.82) is 0 Å². The predicted octanol–water partition coefficient (Wildman–Crippen LogP) is 3.24. The molecule has 3 heterocycles. The van der Waals surface area contributed by atoms with Gasteiger partial charge in [-0.25, -0.2) is 13.4 Å². The van der Waals surface area contributed by atoms with Crippen LogP contribution >= 0.6 is 15.9 Å². The maximum Gasteiger partial charge on any atom is 0.259 e. The van der Waals surface area contributed by atoms with Gasteiger partial charge in [-0.2, -0.15) is 0 Å². The van der Waals surface area contributed by atoms with E-state index in [9.17, 15) is 22.8 Å². The van der Waals surface area contributed by atoms with E-state index < -0.39 is 50.7 Å². The summed E-state index contributed by atoms with van der Waals surface area (Å²) < 4.78 is 51.2. The number of hydrogen-bond donors (Lipinski definition) is 2. The molecule has 3 amide bonds. The topological polar surface area (TPSA) is 162 Å². The minimum absolute atomic E-state index is 0.124. The average Bonchev–Trinajstić information content (AvgIpc) is 3.99. The quantitative estimate of drug-likeness (QED) is 0.291. The Morgan fingerprint density at radius 1 is 1.19 bits per heavy atom. The van der Waals surface area contributed by atoms with Crippen LogP contribution < -0.4 is 24.2 Å². The molecule has 4 aliphatic rings. The van der Waals surface area contributed by atoms with Gasteiger partial charge in [-0.15, -0.1) is 6.58 Å². The molecular weight excluding hydrogens is 708 g/mol. The number of amides is 3. The van der Waals surface area contributed by atoms with E-state index in [1.807, 2.05) is 13.0 Å². The van der Waals surface area contributed by atoms with Crippen LogP contribution in [0.3, 0.4) is 0 Å². The van der Waals surface area contributed by atoms with E-state index in [0.29, 0.717) is 65.4 Å². The van der Waals surface area contributed by atoms with E-state index in [-0.39, 0.29) is 37.6 Å². The summed E-state index contributed by atoms with van der Waals surface area (Å²) in [5.74, 6) is -0.474. The Labute approximate surface area is 288 Å². The fourth-order valence-electron chi connectivity index (χ4n) is 6.58. The van der Waals surface area contributed by atoms with Crippen LogP contribution in [0.15, 0.2) is 35.3 Å². The number of carbonyl (C=O) groups is 3. The molecule has 0 bridgehead atoms. The predicted molar refractivity (Wildman–Crippen MR) is 179 cm³/mol. The highest BCUT2D eigenvalue weighted by atomic mass is 79.9. The average molecular weight is 750 g/mol. The summed E-state index contributed by atoms with van der Waals surface area (Å²) in [4.78, 5) is 47.4. The van der Waals surface area contributed by atoms with E-state index in [1.54, 1.807) is 19.2 Å². The monoisotopic (exact) mass is 748 g/mol. The van der Waals surface area contributed by atoms with Gasteiger partial charge in [0.1, 0.15) is 29.2 Å². The molecule has 2 aliphatic carbocycles. The van der Waals surface area contributed by atoms with Gasteiger partial charge in [0.2, 0.25) is 27.7 Å². The number of ether oxygens (including phenoxy) is 4. The van der Waals surface area contributed by atoms with Crippen LogP contribution in [0.5, 0.6) is 17.4 Å². The second-order valence-electron chi connectivity index (χ2n) is 12.8. The number of methoxy groups -OCH3 is 1. The van der Waals surface area contributed by atoms with Gasteiger partial charge in [0.05, 0.1) is 35.5 Å². The molecule has 2 saturated carbocycles. The highest BCUT2D eigenvalue weighted by Gasteiger charge is 2.62. The van der Waals surface area contributed by atoms with E-state index in [0.717, 1.165) is 12.8 Å². The smallest absolute Gasteiger partial charge is 0.259 e. The molecule has 1 aromatic heterocycles. The van der Waals surface area contributed by atoms with Crippen LogP contribution in [-0.4, -0.2) is 92.4 Å². The number of aromatic nitrogens is 1. The summed E-state index contributed by atoms with van der Waals surface area (Å²) in [5.41, 5.74) is -0.901. The largest absolute Gasteiger partial charge is 0.495 e. The number of sulfonamides is 1. The molecule has 0 spiro atoms. The summed E-state index contributed by atoms with van der Waals surface area (Å²) in [6.45, 7) is 7.29. The first kappa shape index (κ1) is 34.4. The zero-order valence-corrected chi connectivity index (χ0v) is 29.4. The minimum Gasteiger partial charge on any atom is -0.495 e. The summed E-state index contributed by atoms with van der Waals surface area (Å²) >= 11 is 3.57. The van der Waals surface area contributed by atoms with E-state index in [4.69, 9.17) is 18.9 Å². The van der Waals surface area contributed by atoms with Crippen molar-refractivity contribution in [3.63, 3.8) is 0 Å². The van der Waals surface area contributed by atoms with Gasteiger partial charge in [-0.3, -0.25) is 19.1 Å².